The van der Waals surface area contributed by atoms with Crippen LogP contribution in [0.15, 0.2) is 30.6 Å². The number of amides is 1. The Hall–Kier alpha value is -2.00. The van der Waals surface area contributed by atoms with Gasteiger partial charge in [0, 0.05) is 6.92 Å². The molecule has 2 heterocycles. The third-order valence-electron chi connectivity index (χ3n) is 4.03. The predicted molar refractivity (Wildman–Crippen MR) is 80.3 cm³/mol. The van der Waals surface area contributed by atoms with Gasteiger partial charge in [0.1, 0.15) is 24.4 Å². The Balaban J connectivity index is 2.03. The minimum Gasteiger partial charge on any atom is -0.394 e. The lowest BCUT2D eigenvalue weighted by atomic mass is 9.95. The molecule has 2 aromatic rings. The molecule has 124 valence electrons. The average Bonchev–Trinajstić information content (AvgIpc) is 2.96. The maximum Gasteiger partial charge on any atom is 0.217 e. The van der Waals surface area contributed by atoms with Crippen LogP contribution < -0.4 is 5.32 Å². The number of aliphatic hydroxyl groups excluding tert-OH is 3. The molecule has 1 saturated heterocycles. The zero-order valence-electron chi connectivity index (χ0n) is 12.5. The number of fused-ring (bicyclic) bond motifs is 1. The van der Waals surface area contributed by atoms with Crippen LogP contribution in [0.3, 0.4) is 0 Å². The van der Waals surface area contributed by atoms with E-state index in [9.17, 15) is 20.1 Å². The second kappa shape index (κ2) is 6.25. The number of benzene rings is 1. The van der Waals surface area contributed by atoms with Gasteiger partial charge in [0.2, 0.25) is 5.91 Å². The molecule has 0 unspecified atom stereocenters. The summed E-state index contributed by atoms with van der Waals surface area (Å²) in [6.07, 6.45) is -2.80. The van der Waals surface area contributed by atoms with Gasteiger partial charge in [0.15, 0.2) is 6.23 Å². The first-order chi connectivity index (χ1) is 11.0. The van der Waals surface area contributed by atoms with E-state index in [1.54, 1.807) is 10.9 Å². The van der Waals surface area contributed by atoms with Gasteiger partial charge in [-0.25, -0.2) is 4.98 Å². The second-order valence-electron chi connectivity index (χ2n) is 5.60. The SMILES string of the molecule is CC(=O)N[C@@H]1[C@@H](O)[C@@H](O)[C@@H](CO)O[C@H]1n1cnc2ccccc21. The maximum atomic E-state index is 11.5. The van der Waals surface area contributed by atoms with Gasteiger partial charge in [-0.1, -0.05) is 12.1 Å². The predicted octanol–water partition coefficient (Wildman–Crippen LogP) is -0.847. The summed E-state index contributed by atoms with van der Waals surface area (Å²) in [7, 11) is 0. The minimum atomic E-state index is -1.30. The lowest BCUT2D eigenvalue weighted by Crippen LogP contribution is -2.61. The molecule has 0 radical (unpaired) electrons. The number of nitrogens with zero attached hydrogens (tertiary/aromatic N) is 2. The van der Waals surface area contributed by atoms with Gasteiger partial charge in [0.05, 0.1) is 24.0 Å². The molecule has 1 aromatic heterocycles. The first-order valence-electron chi connectivity index (χ1n) is 7.34. The van der Waals surface area contributed by atoms with E-state index in [0.717, 1.165) is 11.0 Å². The number of aromatic nitrogens is 2. The van der Waals surface area contributed by atoms with Crippen LogP contribution in [0, 0.1) is 0 Å². The number of carbonyl (C=O) groups is 1. The Labute approximate surface area is 132 Å². The Morgan fingerprint density at radius 3 is 2.78 bits per heavy atom. The van der Waals surface area contributed by atoms with E-state index in [1.807, 2.05) is 24.3 Å². The molecule has 8 heteroatoms. The summed E-state index contributed by atoms with van der Waals surface area (Å²) in [4.78, 5) is 15.7. The summed E-state index contributed by atoms with van der Waals surface area (Å²) in [6, 6.07) is 6.48. The summed E-state index contributed by atoms with van der Waals surface area (Å²) in [5.74, 6) is -0.360. The quantitative estimate of drug-likeness (QED) is 0.585. The fourth-order valence-corrected chi connectivity index (χ4v) is 2.91. The van der Waals surface area contributed by atoms with Crippen molar-refractivity contribution in [1.82, 2.24) is 14.9 Å². The number of rotatable bonds is 3. The lowest BCUT2D eigenvalue weighted by Gasteiger charge is -2.43. The Morgan fingerprint density at radius 1 is 1.35 bits per heavy atom. The second-order valence-corrected chi connectivity index (χ2v) is 5.60. The lowest BCUT2D eigenvalue weighted by molar-refractivity contribution is -0.215. The highest BCUT2D eigenvalue weighted by atomic mass is 16.5. The molecule has 8 nitrogen and oxygen atoms in total. The van der Waals surface area contributed by atoms with Crippen LogP contribution in [0.1, 0.15) is 13.2 Å². The van der Waals surface area contributed by atoms with Crippen molar-refractivity contribution in [2.24, 2.45) is 0 Å². The number of hydrogen-bond donors (Lipinski definition) is 4. The normalized spacial score (nSPS) is 31.2. The molecular weight excluding hydrogens is 302 g/mol. The van der Waals surface area contributed by atoms with Crippen LogP contribution in [0.2, 0.25) is 0 Å². The van der Waals surface area contributed by atoms with E-state index in [1.165, 1.54) is 6.92 Å². The minimum absolute atomic E-state index is 0.360. The van der Waals surface area contributed by atoms with E-state index in [-0.39, 0.29) is 5.91 Å². The Kier molecular flexibility index (Phi) is 4.31. The molecule has 0 saturated carbocycles. The van der Waals surface area contributed by atoms with Crippen LogP contribution >= 0.6 is 0 Å². The number of imidazole rings is 1. The molecule has 1 aliphatic heterocycles. The van der Waals surface area contributed by atoms with Gasteiger partial charge in [-0.15, -0.1) is 0 Å². The maximum absolute atomic E-state index is 11.5. The topological polar surface area (TPSA) is 117 Å². The summed E-state index contributed by atoms with van der Waals surface area (Å²) < 4.78 is 7.41. The zero-order valence-corrected chi connectivity index (χ0v) is 12.5. The molecule has 0 bridgehead atoms. The Bertz CT molecular complexity index is 703. The molecule has 5 atom stereocenters. The average molecular weight is 321 g/mol. The number of carbonyl (C=O) groups excluding carboxylic acids is 1. The molecule has 4 N–H and O–H groups in total. The highest BCUT2D eigenvalue weighted by Crippen LogP contribution is 2.30. The molecule has 1 aliphatic rings. The summed E-state index contributed by atoms with van der Waals surface area (Å²) in [5, 5.41) is 32.4. The van der Waals surface area contributed by atoms with Crippen LogP contribution in [0.4, 0.5) is 0 Å². The number of aliphatic hydroxyl groups is 3. The highest BCUT2D eigenvalue weighted by molar-refractivity contribution is 5.75. The fourth-order valence-electron chi connectivity index (χ4n) is 2.91. The van der Waals surface area contributed by atoms with E-state index in [0.29, 0.717) is 0 Å². The largest absolute Gasteiger partial charge is 0.394 e. The summed E-state index contributed by atoms with van der Waals surface area (Å²) in [6.45, 7) is 0.870. The number of para-hydroxylation sites is 2. The van der Waals surface area contributed by atoms with Crippen molar-refractivity contribution in [1.29, 1.82) is 0 Å². The van der Waals surface area contributed by atoms with Crippen molar-refractivity contribution in [3.05, 3.63) is 30.6 Å². The fraction of sp³-hybridized carbons (Fsp3) is 0.467. The van der Waals surface area contributed by atoms with Crippen LogP contribution in [0.5, 0.6) is 0 Å². The summed E-state index contributed by atoms with van der Waals surface area (Å²) >= 11 is 0. The van der Waals surface area contributed by atoms with E-state index in [4.69, 9.17) is 4.74 Å². The zero-order chi connectivity index (χ0) is 16.6. The third kappa shape index (κ3) is 2.81. The van der Waals surface area contributed by atoms with Crippen LogP contribution in [-0.2, 0) is 9.53 Å². The van der Waals surface area contributed by atoms with Crippen molar-refractivity contribution >= 4 is 16.9 Å². The highest BCUT2D eigenvalue weighted by Gasteiger charge is 2.45. The molecule has 1 aromatic carbocycles. The number of nitrogens with one attached hydrogen (secondary N) is 1. The van der Waals surface area contributed by atoms with Gasteiger partial charge >= 0.3 is 0 Å². The van der Waals surface area contributed by atoms with Gasteiger partial charge < -0.3 is 29.9 Å². The van der Waals surface area contributed by atoms with E-state index in [2.05, 4.69) is 10.3 Å². The van der Waals surface area contributed by atoms with E-state index >= 15 is 0 Å². The van der Waals surface area contributed by atoms with Gasteiger partial charge in [0.25, 0.3) is 0 Å². The van der Waals surface area contributed by atoms with E-state index < -0.39 is 37.2 Å². The van der Waals surface area contributed by atoms with Crippen molar-refractivity contribution < 1.29 is 24.9 Å². The van der Waals surface area contributed by atoms with Gasteiger partial charge in [-0.3, -0.25) is 4.79 Å². The standard InChI is InChI=1S/C15H19N3O5/c1-8(20)17-12-14(22)13(21)11(6-19)23-15(12)18-7-16-9-4-2-3-5-10(9)18/h2-5,7,11-15,19,21-22H,6H2,1H3,(H,17,20)/t11-,12-,13+,14-,15-/m1/s1. The monoisotopic (exact) mass is 321 g/mol. The third-order valence-corrected chi connectivity index (χ3v) is 4.03. The van der Waals surface area contributed by atoms with Gasteiger partial charge in [-0.05, 0) is 12.1 Å². The molecule has 1 amide bonds. The molecule has 0 aliphatic carbocycles. The van der Waals surface area contributed by atoms with Gasteiger partial charge in [-0.2, -0.15) is 0 Å². The molecule has 3 rings (SSSR count). The smallest absolute Gasteiger partial charge is 0.217 e. The summed E-state index contributed by atoms with van der Waals surface area (Å²) in [5.41, 5.74) is 1.49. The number of ether oxygens (including phenoxy) is 1. The van der Waals surface area contributed by atoms with Crippen LogP contribution in [-0.4, -0.2) is 61.7 Å². The first kappa shape index (κ1) is 15.9. The van der Waals surface area contributed by atoms with Crippen LogP contribution in [0.25, 0.3) is 11.0 Å². The first-order valence-corrected chi connectivity index (χ1v) is 7.34. The number of hydrogen-bond acceptors (Lipinski definition) is 6. The molecule has 23 heavy (non-hydrogen) atoms. The van der Waals surface area contributed by atoms with Crippen molar-refractivity contribution in [3.63, 3.8) is 0 Å². The van der Waals surface area contributed by atoms with Crippen molar-refractivity contribution in [3.8, 4) is 0 Å². The van der Waals surface area contributed by atoms with Crippen molar-refractivity contribution in [2.45, 2.75) is 37.5 Å². The molecule has 1 fully saturated rings. The van der Waals surface area contributed by atoms with Crippen molar-refractivity contribution in [2.75, 3.05) is 6.61 Å². The molecule has 0 spiro atoms. The Morgan fingerprint density at radius 2 is 2.09 bits per heavy atom. The molecular formula is C15H19N3O5.